The van der Waals surface area contributed by atoms with E-state index in [0.717, 1.165) is 20.9 Å². The lowest BCUT2D eigenvalue weighted by Gasteiger charge is -2.49. The first-order valence-electron chi connectivity index (χ1n) is 13.3. The van der Waals surface area contributed by atoms with Crippen LogP contribution in [0.15, 0.2) is 58.9 Å². The van der Waals surface area contributed by atoms with Crippen LogP contribution in [-0.2, 0) is 28.7 Å². The molecule has 0 aliphatic carbocycles. The third-order valence-corrected chi connectivity index (χ3v) is 8.30. The number of hydrogen-bond donors (Lipinski definition) is 3. The van der Waals surface area contributed by atoms with Crippen LogP contribution in [0.5, 0.6) is 0 Å². The molecule has 2 fully saturated rings. The van der Waals surface area contributed by atoms with E-state index in [9.17, 15) is 44.0 Å². The first kappa shape index (κ1) is 31.0. The van der Waals surface area contributed by atoms with Crippen molar-refractivity contribution in [2.75, 3.05) is 25.4 Å². The molecule has 4 heterocycles. The number of ether oxygens (including phenoxy) is 2. The lowest BCUT2D eigenvalue weighted by atomic mass is 10.0. The molecule has 4 aliphatic heterocycles. The third kappa shape index (κ3) is 6.28. The molecule has 3 N–H and O–H groups in total. The first-order chi connectivity index (χ1) is 21.5. The van der Waals surface area contributed by atoms with Gasteiger partial charge in [-0.3, -0.25) is 29.4 Å². The van der Waals surface area contributed by atoms with Gasteiger partial charge in [-0.15, -0.1) is 16.9 Å². The van der Waals surface area contributed by atoms with Gasteiger partial charge >= 0.3 is 30.2 Å². The number of rotatable bonds is 9. The molecular formula is C26H25N7O11S. The monoisotopic (exact) mass is 643 g/mol. The molecule has 0 aromatic heterocycles. The number of fused-ring (bicyclic) bond motifs is 1. The number of hydrazone groups is 1. The van der Waals surface area contributed by atoms with Crippen molar-refractivity contribution in [2.45, 2.75) is 30.6 Å². The molecule has 6 amide bonds. The first-order valence-corrected chi connectivity index (χ1v) is 14.4. The predicted molar refractivity (Wildman–Crippen MR) is 151 cm³/mol. The molecule has 0 spiro atoms. The van der Waals surface area contributed by atoms with Gasteiger partial charge in [0, 0.05) is 30.4 Å². The third-order valence-electron chi connectivity index (χ3n) is 6.96. The van der Waals surface area contributed by atoms with Crippen molar-refractivity contribution < 1.29 is 48.3 Å². The second-order valence-electron chi connectivity index (χ2n) is 9.88. The smallest absolute Gasteiger partial charge is 0.375 e. The molecule has 0 saturated carbocycles. The largest absolute Gasteiger partial charge is 0.477 e. The number of carboxylic acids is 1. The summed E-state index contributed by atoms with van der Waals surface area (Å²) in [6.45, 7) is 0.691. The van der Waals surface area contributed by atoms with Gasteiger partial charge in [0.25, 0.3) is 5.91 Å². The van der Waals surface area contributed by atoms with Crippen LogP contribution in [-0.4, -0.2) is 110 Å². The maximum atomic E-state index is 13.5. The summed E-state index contributed by atoms with van der Waals surface area (Å²) in [5, 5.41) is 29.8. The van der Waals surface area contributed by atoms with Crippen molar-refractivity contribution in [3.63, 3.8) is 0 Å². The van der Waals surface area contributed by atoms with Crippen LogP contribution in [0.2, 0.25) is 0 Å². The minimum atomic E-state index is -1.44. The number of benzene rings is 1. The molecule has 236 valence electrons. The van der Waals surface area contributed by atoms with Crippen LogP contribution in [0.4, 0.5) is 9.59 Å². The summed E-state index contributed by atoms with van der Waals surface area (Å²) in [7, 11) is 0. The Bertz CT molecular complexity index is 1560. The fourth-order valence-electron chi connectivity index (χ4n) is 4.83. The topological polar surface area (TPSA) is 230 Å². The minimum Gasteiger partial charge on any atom is -0.477 e. The Balaban J connectivity index is 1.27. The SMILES string of the molecule is CC(=O)OCC1=C(C(=O)O)N2C(=O)C(NC(=O)C(NC(=O)N3CCN(N=C4C=CC([N+](=O)[O-])O4)C3=O)c3ccccc3)[C@@H]2SC1. The number of β-lactam (4-membered cyclic amide) rings is 1. The van der Waals surface area contributed by atoms with E-state index in [1.54, 1.807) is 30.3 Å². The second-order valence-corrected chi connectivity index (χ2v) is 11.0. The van der Waals surface area contributed by atoms with E-state index in [2.05, 4.69) is 15.7 Å². The number of nitro groups is 1. The van der Waals surface area contributed by atoms with Gasteiger partial charge in [-0.25, -0.2) is 24.3 Å². The van der Waals surface area contributed by atoms with Crippen LogP contribution in [0.25, 0.3) is 0 Å². The molecule has 2 saturated heterocycles. The zero-order valence-electron chi connectivity index (χ0n) is 23.4. The number of aliphatic carboxylic acids is 1. The number of carbonyl (C=O) groups excluding carboxylic acids is 5. The molecule has 0 radical (unpaired) electrons. The van der Waals surface area contributed by atoms with E-state index in [1.807, 2.05) is 0 Å². The fourth-order valence-corrected chi connectivity index (χ4v) is 6.16. The van der Waals surface area contributed by atoms with Crippen molar-refractivity contribution in [2.24, 2.45) is 5.10 Å². The van der Waals surface area contributed by atoms with Gasteiger partial charge in [0.05, 0.1) is 18.0 Å². The van der Waals surface area contributed by atoms with Gasteiger partial charge in [0.2, 0.25) is 11.8 Å². The van der Waals surface area contributed by atoms with Gasteiger partial charge < -0.3 is 25.2 Å². The Labute approximate surface area is 257 Å². The highest BCUT2D eigenvalue weighted by molar-refractivity contribution is 8.00. The molecule has 19 heteroatoms. The molecular weight excluding hydrogens is 618 g/mol. The lowest BCUT2D eigenvalue weighted by Crippen LogP contribution is -2.71. The summed E-state index contributed by atoms with van der Waals surface area (Å²) >= 11 is 1.17. The zero-order valence-corrected chi connectivity index (χ0v) is 24.2. The highest BCUT2D eigenvalue weighted by Gasteiger charge is 2.54. The highest BCUT2D eigenvalue weighted by atomic mass is 32.2. The summed E-state index contributed by atoms with van der Waals surface area (Å²) < 4.78 is 9.94. The Kier molecular flexibility index (Phi) is 8.70. The summed E-state index contributed by atoms with van der Waals surface area (Å²) in [5.41, 5.74) is 0.239. The number of esters is 1. The number of urea groups is 2. The van der Waals surface area contributed by atoms with E-state index in [4.69, 9.17) is 9.47 Å². The number of nitrogens with one attached hydrogen (secondary N) is 2. The Morgan fingerprint density at radius 3 is 2.60 bits per heavy atom. The van der Waals surface area contributed by atoms with Gasteiger partial charge in [-0.1, -0.05) is 30.3 Å². The number of imide groups is 1. The van der Waals surface area contributed by atoms with Gasteiger partial charge in [0.1, 0.15) is 29.8 Å². The van der Waals surface area contributed by atoms with Crippen LogP contribution in [0.3, 0.4) is 0 Å². The van der Waals surface area contributed by atoms with Crippen LogP contribution >= 0.6 is 11.8 Å². The van der Waals surface area contributed by atoms with Crippen molar-refractivity contribution in [3.05, 3.63) is 69.4 Å². The number of carbonyl (C=O) groups is 6. The average molecular weight is 644 g/mol. The number of nitrogens with zero attached hydrogens (tertiary/aromatic N) is 5. The maximum absolute atomic E-state index is 13.5. The van der Waals surface area contributed by atoms with E-state index in [0.29, 0.717) is 5.56 Å². The Morgan fingerprint density at radius 2 is 1.96 bits per heavy atom. The molecule has 1 aromatic carbocycles. The predicted octanol–water partition coefficient (Wildman–Crippen LogP) is -0.0207. The van der Waals surface area contributed by atoms with Crippen molar-refractivity contribution in [1.29, 1.82) is 0 Å². The van der Waals surface area contributed by atoms with Crippen molar-refractivity contribution >= 4 is 53.5 Å². The van der Waals surface area contributed by atoms with E-state index >= 15 is 0 Å². The second kappa shape index (κ2) is 12.6. The average Bonchev–Trinajstić information content (AvgIpc) is 3.64. The lowest BCUT2D eigenvalue weighted by molar-refractivity contribution is -0.549. The number of amides is 6. The summed E-state index contributed by atoms with van der Waals surface area (Å²) in [6.07, 6.45) is 0.927. The maximum Gasteiger partial charge on any atom is 0.375 e. The molecule has 0 bridgehead atoms. The molecule has 1 aromatic rings. The Hall–Kier alpha value is -5.46. The van der Waals surface area contributed by atoms with Crippen LogP contribution in [0, 0.1) is 10.1 Å². The molecule has 3 unspecified atom stereocenters. The van der Waals surface area contributed by atoms with E-state index in [-0.39, 0.29) is 42.6 Å². The molecule has 4 aliphatic rings. The molecule has 45 heavy (non-hydrogen) atoms. The van der Waals surface area contributed by atoms with E-state index < -0.39 is 64.4 Å². The standard InChI is InChI=1S/C26H25N7O11S/c1-13(34)43-11-15-12-45-23-19(22(36)32(23)20(15)24(37)38)27-21(35)18(14-5-3-2-4-6-14)28-25(39)30-9-10-31(26(30)40)29-16-7-8-17(44-16)33(41)42/h2-8,17-19,23H,9-12H2,1H3,(H,27,35)(H,28,39)(H,37,38)/t17?,18?,19?,23-/m0/s1. The number of thioether (sulfide) groups is 1. The van der Waals surface area contributed by atoms with Crippen LogP contribution < -0.4 is 10.6 Å². The normalized spacial score (nSPS) is 23.7. The minimum absolute atomic E-state index is 0.0531. The van der Waals surface area contributed by atoms with Gasteiger partial charge in [-0.05, 0) is 5.56 Å². The number of carboxylic acid groups (broad SMARTS) is 1. The quantitative estimate of drug-likeness (QED) is 0.140. The molecule has 18 nitrogen and oxygen atoms in total. The van der Waals surface area contributed by atoms with Crippen molar-refractivity contribution in [1.82, 2.24) is 25.4 Å². The Morgan fingerprint density at radius 1 is 1.22 bits per heavy atom. The highest BCUT2D eigenvalue weighted by Crippen LogP contribution is 2.40. The zero-order chi connectivity index (χ0) is 32.4. The van der Waals surface area contributed by atoms with Crippen molar-refractivity contribution in [3.8, 4) is 0 Å². The summed E-state index contributed by atoms with van der Waals surface area (Å²) in [4.78, 5) is 87.9. The summed E-state index contributed by atoms with van der Waals surface area (Å²) in [6, 6.07) is 3.74. The van der Waals surface area contributed by atoms with E-state index in [1.165, 1.54) is 24.8 Å². The fraction of sp³-hybridized carbons (Fsp3) is 0.346. The summed E-state index contributed by atoms with van der Waals surface area (Å²) in [5.74, 6) is -3.57. The van der Waals surface area contributed by atoms with Gasteiger partial charge in [-0.2, -0.15) is 0 Å². The van der Waals surface area contributed by atoms with Gasteiger partial charge in [0.15, 0.2) is 0 Å². The van der Waals surface area contributed by atoms with Crippen LogP contribution in [0.1, 0.15) is 18.5 Å². The molecule has 5 rings (SSSR count). The molecule has 4 atom stereocenters. The number of hydrogen-bond acceptors (Lipinski definition) is 12.